The van der Waals surface area contributed by atoms with Gasteiger partial charge in [-0.2, -0.15) is 0 Å². The van der Waals surface area contributed by atoms with E-state index in [9.17, 15) is 0 Å². The van der Waals surface area contributed by atoms with Gasteiger partial charge in [-0.1, -0.05) is 31.5 Å². The van der Waals surface area contributed by atoms with Crippen molar-refractivity contribution in [3.63, 3.8) is 0 Å². The summed E-state index contributed by atoms with van der Waals surface area (Å²) in [5.41, 5.74) is 4.22. The summed E-state index contributed by atoms with van der Waals surface area (Å²) in [6, 6.07) is 13.5. The van der Waals surface area contributed by atoms with E-state index in [1.54, 1.807) is 0 Å². The molecule has 1 aliphatic carbocycles. The maximum absolute atomic E-state index is 4.63. The lowest BCUT2D eigenvalue weighted by atomic mass is 9.96. The van der Waals surface area contributed by atoms with Crippen LogP contribution in [0.3, 0.4) is 0 Å². The number of fused-ring (bicyclic) bond motifs is 1. The summed E-state index contributed by atoms with van der Waals surface area (Å²) in [5.74, 6) is 0. The average molecular weight is 297 g/mol. The van der Waals surface area contributed by atoms with Gasteiger partial charge in [0, 0.05) is 11.1 Å². The summed E-state index contributed by atoms with van der Waals surface area (Å²) in [4.78, 5) is 6.01. The van der Waals surface area contributed by atoms with Gasteiger partial charge in [-0.15, -0.1) is 11.8 Å². The third-order valence-electron chi connectivity index (χ3n) is 4.16. The minimum absolute atomic E-state index is 0.524. The number of aromatic nitrogens is 1. The molecule has 1 heterocycles. The Labute approximate surface area is 132 Å². The first-order chi connectivity index (χ1) is 10.4. The fourth-order valence-corrected chi connectivity index (χ4v) is 4.19. The number of pyridine rings is 1. The van der Waals surface area contributed by atoms with Crippen LogP contribution in [0.25, 0.3) is 0 Å². The molecular weight excluding hydrogens is 274 g/mol. The molecule has 1 nitrogen and oxygen atoms in total. The molecule has 1 atom stereocenters. The normalized spacial score (nSPS) is 17.5. The van der Waals surface area contributed by atoms with Gasteiger partial charge < -0.3 is 0 Å². The van der Waals surface area contributed by atoms with Gasteiger partial charge in [0.25, 0.3) is 0 Å². The van der Waals surface area contributed by atoms with Crippen LogP contribution in [0.15, 0.2) is 47.5 Å². The molecule has 21 heavy (non-hydrogen) atoms. The molecule has 0 N–H and O–H groups in total. The van der Waals surface area contributed by atoms with E-state index in [2.05, 4.69) is 48.3 Å². The van der Waals surface area contributed by atoms with Crippen LogP contribution in [0.5, 0.6) is 0 Å². The fraction of sp³-hybridized carbons (Fsp3) is 0.421. The van der Waals surface area contributed by atoms with E-state index in [1.165, 1.54) is 60.2 Å². The quantitative estimate of drug-likeness (QED) is 0.713. The maximum atomic E-state index is 4.63. The Bertz CT molecular complexity index is 576. The molecule has 2 aromatic rings. The Hall–Kier alpha value is -1.28. The molecule has 110 valence electrons. The predicted octanol–water partition coefficient (Wildman–Crippen LogP) is 5.59. The molecule has 3 rings (SSSR count). The molecule has 0 radical (unpaired) electrons. The molecular formula is C19H23NS. The lowest BCUT2D eigenvalue weighted by molar-refractivity contribution is 0.656. The van der Waals surface area contributed by atoms with Gasteiger partial charge >= 0.3 is 0 Å². The van der Waals surface area contributed by atoms with Crippen LogP contribution in [-0.4, -0.2) is 4.98 Å². The van der Waals surface area contributed by atoms with Gasteiger partial charge in [0.1, 0.15) is 0 Å². The summed E-state index contributed by atoms with van der Waals surface area (Å²) in [7, 11) is 0. The maximum Gasteiger partial charge on any atom is 0.0569 e. The van der Waals surface area contributed by atoms with E-state index in [0.29, 0.717) is 5.25 Å². The highest BCUT2D eigenvalue weighted by molar-refractivity contribution is 7.99. The number of thioether (sulfide) groups is 1. The number of rotatable bonds is 5. The van der Waals surface area contributed by atoms with Crippen molar-refractivity contribution in [2.45, 2.75) is 55.6 Å². The topological polar surface area (TPSA) is 12.9 Å². The largest absolute Gasteiger partial charge is 0.260 e. The minimum atomic E-state index is 0.524. The standard InChI is InChI=1S/C19H23NS/c1-2-3-6-15-10-12-17(13-11-15)21-18-9-4-7-16-8-5-14-20-19(16)18/h5,8,10-14,18H,2-4,6-7,9H2,1H3. The molecule has 0 aliphatic heterocycles. The second-order valence-electron chi connectivity index (χ2n) is 5.79. The number of benzene rings is 1. The third-order valence-corrected chi connectivity index (χ3v) is 5.45. The molecule has 0 saturated carbocycles. The Morgan fingerprint density at radius 3 is 2.86 bits per heavy atom. The van der Waals surface area contributed by atoms with Crippen LogP contribution < -0.4 is 0 Å². The lowest BCUT2D eigenvalue weighted by Crippen LogP contribution is -2.09. The zero-order valence-corrected chi connectivity index (χ0v) is 13.5. The second kappa shape index (κ2) is 7.13. The zero-order chi connectivity index (χ0) is 14.5. The van der Waals surface area contributed by atoms with Gasteiger partial charge in [-0.3, -0.25) is 4.98 Å². The summed E-state index contributed by atoms with van der Waals surface area (Å²) in [5, 5.41) is 0.524. The molecule has 2 heteroatoms. The van der Waals surface area contributed by atoms with Crippen molar-refractivity contribution in [2.24, 2.45) is 0 Å². The number of unbranched alkanes of at least 4 members (excludes halogenated alkanes) is 1. The van der Waals surface area contributed by atoms with Crippen LogP contribution in [0.2, 0.25) is 0 Å². The van der Waals surface area contributed by atoms with Crippen LogP contribution in [0.1, 0.15) is 54.7 Å². The fourth-order valence-electron chi connectivity index (χ4n) is 2.96. The van der Waals surface area contributed by atoms with E-state index in [0.717, 1.165) is 0 Å². The molecule has 1 aliphatic rings. The SMILES string of the molecule is CCCCc1ccc(SC2CCCc3cccnc32)cc1. The number of aryl methyl sites for hydroxylation is 2. The Morgan fingerprint density at radius 2 is 2.05 bits per heavy atom. The van der Waals surface area contributed by atoms with Gasteiger partial charge in [0.2, 0.25) is 0 Å². The van der Waals surface area contributed by atoms with Gasteiger partial charge in [-0.05, 0) is 61.4 Å². The molecule has 1 aromatic carbocycles. The van der Waals surface area contributed by atoms with E-state index in [4.69, 9.17) is 0 Å². The highest BCUT2D eigenvalue weighted by Gasteiger charge is 2.22. The van der Waals surface area contributed by atoms with Gasteiger partial charge in [-0.25, -0.2) is 0 Å². The average Bonchev–Trinajstić information content (AvgIpc) is 2.55. The Balaban J connectivity index is 1.70. The smallest absolute Gasteiger partial charge is 0.0569 e. The van der Waals surface area contributed by atoms with Gasteiger partial charge in [0.05, 0.1) is 10.9 Å². The van der Waals surface area contributed by atoms with Crippen molar-refractivity contribution < 1.29 is 0 Å². The Morgan fingerprint density at radius 1 is 1.19 bits per heavy atom. The van der Waals surface area contributed by atoms with E-state index >= 15 is 0 Å². The number of hydrogen-bond acceptors (Lipinski definition) is 2. The number of nitrogens with zero attached hydrogens (tertiary/aromatic N) is 1. The van der Waals surface area contributed by atoms with Crippen molar-refractivity contribution in [3.05, 3.63) is 59.4 Å². The van der Waals surface area contributed by atoms with Crippen molar-refractivity contribution >= 4 is 11.8 Å². The van der Waals surface area contributed by atoms with Crippen LogP contribution in [-0.2, 0) is 12.8 Å². The highest BCUT2D eigenvalue weighted by Crippen LogP contribution is 2.42. The van der Waals surface area contributed by atoms with Crippen molar-refractivity contribution in [1.82, 2.24) is 4.98 Å². The summed E-state index contributed by atoms with van der Waals surface area (Å²) in [6.45, 7) is 2.25. The first kappa shape index (κ1) is 14.6. The lowest BCUT2D eigenvalue weighted by Gasteiger charge is -2.23. The van der Waals surface area contributed by atoms with Crippen LogP contribution >= 0.6 is 11.8 Å². The van der Waals surface area contributed by atoms with E-state index < -0.39 is 0 Å². The van der Waals surface area contributed by atoms with Gasteiger partial charge in [0.15, 0.2) is 0 Å². The third kappa shape index (κ3) is 3.68. The molecule has 0 saturated heterocycles. The first-order valence-corrected chi connectivity index (χ1v) is 8.94. The molecule has 1 unspecified atom stereocenters. The summed E-state index contributed by atoms with van der Waals surface area (Å²) < 4.78 is 0. The monoisotopic (exact) mass is 297 g/mol. The molecule has 0 spiro atoms. The second-order valence-corrected chi connectivity index (χ2v) is 7.07. The summed E-state index contributed by atoms with van der Waals surface area (Å²) in [6.07, 6.45) is 9.40. The first-order valence-electron chi connectivity index (χ1n) is 8.06. The van der Waals surface area contributed by atoms with Crippen molar-refractivity contribution in [2.75, 3.05) is 0 Å². The van der Waals surface area contributed by atoms with Crippen molar-refractivity contribution in [3.8, 4) is 0 Å². The molecule has 0 bridgehead atoms. The van der Waals surface area contributed by atoms with E-state index in [1.807, 2.05) is 18.0 Å². The Kier molecular flexibility index (Phi) is 4.97. The zero-order valence-electron chi connectivity index (χ0n) is 12.7. The highest BCUT2D eigenvalue weighted by atomic mass is 32.2. The summed E-state index contributed by atoms with van der Waals surface area (Å²) >= 11 is 1.98. The molecule has 0 amide bonds. The minimum Gasteiger partial charge on any atom is -0.260 e. The molecule has 0 fully saturated rings. The van der Waals surface area contributed by atoms with E-state index in [-0.39, 0.29) is 0 Å². The van der Waals surface area contributed by atoms with Crippen LogP contribution in [0.4, 0.5) is 0 Å². The van der Waals surface area contributed by atoms with Crippen LogP contribution in [0, 0.1) is 0 Å². The molecule has 1 aromatic heterocycles. The van der Waals surface area contributed by atoms with Crippen molar-refractivity contribution in [1.29, 1.82) is 0 Å². The number of hydrogen-bond donors (Lipinski definition) is 0. The predicted molar refractivity (Wildman–Crippen MR) is 90.8 cm³/mol.